The lowest BCUT2D eigenvalue weighted by Gasteiger charge is -2.42. The number of benzene rings is 2. The molecule has 11 nitrogen and oxygen atoms in total. The van der Waals surface area contributed by atoms with Crippen LogP contribution in [-0.4, -0.2) is 81.6 Å². The van der Waals surface area contributed by atoms with E-state index in [1.54, 1.807) is 42.5 Å². The Balaban J connectivity index is 1.23. The lowest BCUT2D eigenvalue weighted by atomic mass is 10.1. The monoisotopic (exact) mass is 476 g/mol. The van der Waals surface area contributed by atoms with E-state index < -0.39 is 12.1 Å². The highest BCUT2D eigenvalue weighted by molar-refractivity contribution is 5.97. The number of fused-ring (bicyclic) bond motifs is 3. The molecule has 1 aromatic heterocycles. The van der Waals surface area contributed by atoms with E-state index in [-0.39, 0.29) is 24.6 Å². The summed E-state index contributed by atoms with van der Waals surface area (Å²) in [5, 5.41) is 28.4. The fourth-order valence-electron chi connectivity index (χ4n) is 4.94. The van der Waals surface area contributed by atoms with E-state index in [1.165, 1.54) is 0 Å². The Morgan fingerprint density at radius 2 is 1.86 bits per heavy atom. The van der Waals surface area contributed by atoms with Crippen LogP contribution in [0.5, 0.6) is 5.75 Å². The number of hydrogen-bond donors (Lipinski definition) is 2. The molecule has 0 radical (unpaired) electrons. The first kappa shape index (κ1) is 22.6. The smallest absolute Gasteiger partial charge is 0.405 e. The number of likely N-dealkylation sites (tertiary alicyclic amines) is 1. The zero-order valence-electron chi connectivity index (χ0n) is 18.8. The molecule has 5 rings (SSSR count). The van der Waals surface area contributed by atoms with Crippen LogP contribution < -0.4 is 10.1 Å². The van der Waals surface area contributed by atoms with Crippen LogP contribution in [0.2, 0.25) is 0 Å². The largest absolute Gasteiger partial charge is 0.491 e. The van der Waals surface area contributed by atoms with E-state index in [1.807, 2.05) is 4.90 Å². The number of nitrogens with zero attached hydrogens (tertiary/aromatic N) is 5. The second-order valence-electron chi connectivity index (χ2n) is 8.85. The van der Waals surface area contributed by atoms with Crippen molar-refractivity contribution < 1.29 is 24.1 Å². The second kappa shape index (κ2) is 9.60. The van der Waals surface area contributed by atoms with Crippen LogP contribution in [-0.2, 0) is 0 Å². The summed E-state index contributed by atoms with van der Waals surface area (Å²) in [7, 11) is 0. The molecular formula is C24H24N6O5. The van der Waals surface area contributed by atoms with Crippen LogP contribution in [0, 0.1) is 11.3 Å². The Labute approximate surface area is 200 Å². The third-order valence-electron chi connectivity index (χ3n) is 6.61. The lowest BCUT2D eigenvalue weighted by molar-refractivity contribution is 0.0396. The van der Waals surface area contributed by atoms with Crippen molar-refractivity contribution in [1.82, 2.24) is 25.4 Å². The van der Waals surface area contributed by atoms with Crippen molar-refractivity contribution in [2.45, 2.75) is 31.0 Å². The highest BCUT2D eigenvalue weighted by atomic mass is 16.6. The van der Waals surface area contributed by atoms with Gasteiger partial charge in [0.25, 0.3) is 5.91 Å². The van der Waals surface area contributed by atoms with Crippen molar-refractivity contribution in [3.05, 3.63) is 53.6 Å². The summed E-state index contributed by atoms with van der Waals surface area (Å²) in [6.45, 7) is 1.78. The van der Waals surface area contributed by atoms with Crippen LogP contribution in [0.25, 0.3) is 11.0 Å². The number of rotatable bonds is 7. The van der Waals surface area contributed by atoms with Gasteiger partial charge in [-0.2, -0.15) is 5.26 Å². The number of hydrogen-bond acceptors (Lipinski definition) is 8. The summed E-state index contributed by atoms with van der Waals surface area (Å²) in [5.74, 6) is 0.509. The van der Waals surface area contributed by atoms with Gasteiger partial charge in [-0.25, -0.2) is 9.42 Å². The first-order valence-electron chi connectivity index (χ1n) is 11.4. The van der Waals surface area contributed by atoms with Crippen LogP contribution in [0.3, 0.4) is 0 Å². The molecule has 180 valence electrons. The van der Waals surface area contributed by atoms with Gasteiger partial charge in [0.2, 0.25) is 0 Å². The molecule has 35 heavy (non-hydrogen) atoms. The van der Waals surface area contributed by atoms with Gasteiger partial charge >= 0.3 is 6.09 Å². The zero-order valence-corrected chi connectivity index (χ0v) is 18.8. The summed E-state index contributed by atoms with van der Waals surface area (Å²) < 4.78 is 10.5. The highest BCUT2D eigenvalue weighted by Gasteiger charge is 2.42. The minimum atomic E-state index is -1.11. The standard InChI is InChI=1S/C24H24N6O5/c25-10-15-1-6-20(7-2-15)34-14-17(26-24(32)33)11-30-18-4-5-19(30)13-29(12-18)23(31)16-3-8-21-22(9-16)28-35-27-21/h1-3,6-9,17-19,26H,4-5,11-14H2,(H,32,33)/t17-,18?,19?/m0/s1. The molecule has 2 bridgehead atoms. The first-order chi connectivity index (χ1) is 17.0. The van der Waals surface area contributed by atoms with Gasteiger partial charge in [-0.3, -0.25) is 9.69 Å². The van der Waals surface area contributed by atoms with Gasteiger partial charge in [0.1, 0.15) is 23.4 Å². The molecule has 2 unspecified atom stereocenters. The average molecular weight is 476 g/mol. The quantitative estimate of drug-likeness (QED) is 0.523. The van der Waals surface area contributed by atoms with E-state index >= 15 is 0 Å². The number of amides is 2. The molecule has 2 amide bonds. The Morgan fingerprint density at radius 1 is 1.14 bits per heavy atom. The zero-order chi connectivity index (χ0) is 24.4. The second-order valence-corrected chi connectivity index (χ2v) is 8.85. The van der Waals surface area contributed by atoms with Gasteiger partial charge < -0.3 is 20.1 Å². The molecule has 2 N–H and O–H groups in total. The van der Waals surface area contributed by atoms with E-state index in [0.29, 0.717) is 47.5 Å². The summed E-state index contributed by atoms with van der Waals surface area (Å²) in [4.78, 5) is 28.7. The predicted molar refractivity (Wildman–Crippen MR) is 123 cm³/mol. The van der Waals surface area contributed by atoms with Crippen molar-refractivity contribution in [3.8, 4) is 11.8 Å². The van der Waals surface area contributed by atoms with Gasteiger partial charge in [-0.05, 0) is 65.6 Å². The molecule has 3 heterocycles. The topological polar surface area (TPSA) is 145 Å². The van der Waals surface area contributed by atoms with E-state index in [0.717, 1.165) is 12.8 Å². The van der Waals surface area contributed by atoms with Gasteiger partial charge in [-0.1, -0.05) is 0 Å². The van der Waals surface area contributed by atoms with Crippen molar-refractivity contribution in [2.24, 2.45) is 0 Å². The fraction of sp³-hybridized carbons (Fsp3) is 0.375. The van der Waals surface area contributed by atoms with Gasteiger partial charge in [0.05, 0.1) is 17.7 Å². The number of nitrogens with one attached hydrogen (secondary N) is 1. The number of carbonyl (C=O) groups excluding carboxylic acids is 1. The Kier molecular flexibility index (Phi) is 6.20. The first-order valence-corrected chi connectivity index (χ1v) is 11.4. The molecule has 0 spiro atoms. The summed E-state index contributed by atoms with van der Waals surface area (Å²) in [6, 6.07) is 13.7. The maximum atomic E-state index is 13.2. The van der Waals surface area contributed by atoms with Crippen molar-refractivity contribution in [1.29, 1.82) is 5.26 Å². The maximum Gasteiger partial charge on any atom is 0.405 e. The van der Waals surface area contributed by atoms with Crippen LogP contribution in [0.1, 0.15) is 28.8 Å². The SMILES string of the molecule is N#Cc1ccc(OC[C@H](CN2C3CCC2CN(C(=O)c2ccc4nonc4c2)C3)NC(=O)O)cc1. The maximum absolute atomic E-state index is 13.2. The molecule has 0 aliphatic carbocycles. The molecule has 2 saturated heterocycles. The Hall–Kier alpha value is -4.17. The number of nitriles is 1. The molecule has 2 aliphatic rings. The van der Waals surface area contributed by atoms with Gasteiger partial charge in [0, 0.05) is 37.3 Å². The fourth-order valence-corrected chi connectivity index (χ4v) is 4.94. The third-order valence-corrected chi connectivity index (χ3v) is 6.61. The molecule has 3 atom stereocenters. The minimum absolute atomic E-state index is 0.0594. The van der Waals surface area contributed by atoms with Crippen molar-refractivity contribution in [3.63, 3.8) is 0 Å². The van der Waals surface area contributed by atoms with E-state index in [9.17, 15) is 14.7 Å². The normalized spacial score (nSPS) is 20.4. The van der Waals surface area contributed by atoms with Crippen LogP contribution in [0.15, 0.2) is 47.1 Å². The van der Waals surface area contributed by atoms with E-state index in [4.69, 9.17) is 14.6 Å². The van der Waals surface area contributed by atoms with Gasteiger partial charge in [-0.15, -0.1) is 0 Å². The Bertz CT molecular complexity index is 1260. The number of aromatic nitrogens is 2. The number of carbonyl (C=O) groups is 2. The summed E-state index contributed by atoms with van der Waals surface area (Å²) in [5.41, 5.74) is 2.22. The van der Waals surface area contributed by atoms with Crippen LogP contribution in [0.4, 0.5) is 4.79 Å². The lowest BCUT2D eigenvalue weighted by Crippen LogP contribution is -2.59. The van der Waals surface area contributed by atoms with Crippen molar-refractivity contribution >= 4 is 23.0 Å². The minimum Gasteiger partial charge on any atom is -0.491 e. The number of ether oxygens (including phenoxy) is 1. The third kappa shape index (κ3) is 4.88. The Morgan fingerprint density at radius 3 is 2.54 bits per heavy atom. The molecule has 0 saturated carbocycles. The molecular weight excluding hydrogens is 452 g/mol. The summed E-state index contributed by atoms with van der Waals surface area (Å²) >= 11 is 0. The molecule has 3 aromatic rings. The molecule has 2 fully saturated rings. The number of carboxylic acid groups (broad SMARTS) is 1. The average Bonchev–Trinajstić information content (AvgIpc) is 3.41. The highest BCUT2D eigenvalue weighted by Crippen LogP contribution is 2.31. The number of piperazine rings is 1. The summed E-state index contributed by atoms with van der Waals surface area (Å²) in [6.07, 6.45) is 0.769. The molecule has 11 heteroatoms. The van der Waals surface area contributed by atoms with Crippen molar-refractivity contribution in [2.75, 3.05) is 26.2 Å². The van der Waals surface area contributed by atoms with E-state index in [2.05, 4.69) is 26.6 Å². The molecule has 2 aromatic carbocycles. The predicted octanol–water partition coefficient (Wildman–Crippen LogP) is 2.10. The molecule has 2 aliphatic heterocycles. The van der Waals surface area contributed by atoms with Crippen LogP contribution >= 0.6 is 0 Å². The van der Waals surface area contributed by atoms with Gasteiger partial charge in [0.15, 0.2) is 0 Å².